The number of amides is 1. The van der Waals surface area contributed by atoms with Crippen LogP contribution in [0.1, 0.15) is 19.8 Å². The Hall–Kier alpha value is -3.28. The van der Waals surface area contributed by atoms with E-state index in [2.05, 4.69) is 22.0 Å². The van der Waals surface area contributed by atoms with Crippen molar-refractivity contribution in [3.05, 3.63) is 54.7 Å². The van der Waals surface area contributed by atoms with Crippen LogP contribution in [0.5, 0.6) is 11.5 Å². The summed E-state index contributed by atoms with van der Waals surface area (Å²) in [7, 11) is 0. The first kappa shape index (κ1) is 18.7. The second kappa shape index (κ2) is 7.86. The minimum Gasteiger partial charge on any atom is -0.490 e. The van der Waals surface area contributed by atoms with Gasteiger partial charge in [-0.1, -0.05) is 25.1 Å². The van der Waals surface area contributed by atoms with Crippen LogP contribution in [0.4, 0.5) is 11.4 Å². The highest BCUT2D eigenvalue weighted by Crippen LogP contribution is 2.40. The number of fused-ring (bicyclic) bond motifs is 2. The Bertz CT molecular complexity index is 1080. The van der Waals surface area contributed by atoms with Crippen LogP contribution in [0.25, 0.3) is 10.9 Å². The van der Waals surface area contributed by atoms with Crippen molar-refractivity contribution in [1.29, 1.82) is 0 Å². The third-order valence-electron chi connectivity index (χ3n) is 5.78. The van der Waals surface area contributed by atoms with Crippen molar-refractivity contribution in [2.24, 2.45) is 0 Å². The molecule has 30 heavy (non-hydrogen) atoms. The van der Waals surface area contributed by atoms with Crippen molar-refractivity contribution >= 4 is 28.2 Å². The molecule has 1 amide bonds. The van der Waals surface area contributed by atoms with Crippen LogP contribution in [-0.2, 0) is 4.79 Å². The molecule has 1 aromatic heterocycles. The van der Waals surface area contributed by atoms with Gasteiger partial charge in [0.05, 0.1) is 36.2 Å². The quantitative estimate of drug-likeness (QED) is 0.655. The number of likely N-dealkylation sites (tertiary alicyclic amines) is 1. The third kappa shape index (κ3) is 3.54. The van der Waals surface area contributed by atoms with Gasteiger partial charge in [0.2, 0.25) is 5.91 Å². The van der Waals surface area contributed by atoms with Crippen molar-refractivity contribution in [3.63, 3.8) is 0 Å². The monoisotopic (exact) mass is 403 g/mol. The number of anilines is 2. The van der Waals surface area contributed by atoms with Gasteiger partial charge >= 0.3 is 0 Å². The van der Waals surface area contributed by atoms with E-state index in [1.807, 2.05) is 54.4 Å². The average Bonchev–Trinajstić information content (AvgIpc) is 3.26. The topological polar surface area (TPSA) is 54.9 Å². The maximum absolute atomic E-state index is 11.9. The van der Waals surface area contributed by atoms with Crippen LogP contribution in [0.15, 0.2) is 54.7 Å². The molecular weight excluding hydrogens is 378 g/mol. The minimum atomic E-state index is 0.0267. The van der Waals surface area contributed by atoms with Gasteiger partial charge in [0.15, 0.2) is 0 Å². The molecule has 154 valence electrons. The SMILES string of the molecule is CCC(=O)N1CC[C@H](Oc2ccc3c(c2)N(c2cnc4ccccc4c2)CCO3)C1. The lowest BCUT2D eigenvalue weighted by molar-refractivity contribution is -0.130. The normalized spacial score (nSPS) is 18.2. The number of rotatable bonds is 4. The molecule has 3 aromatic rings. The molecule has 2 aliphatic rings. The zero-order valence-electron chi connectivity index (χ0n) is 17.1. The zero-order valence-corrected chi connectivity index (χ0v) is 17.1. The Morgan fingerprint density at radius 2 is 2.10 bits per heavy atom. The fourth-order valence-electron chi connectivity index (χ4n) is 4.21. The zero-order chi connectivity index (χ0) is 20.5. The fourth-order valence-corrected chi connectivity index (χ4v) is 4.21. The molecule has 1 saturated heterocycles. The molecule has 0 radical (unpaired) electrons. The standard InChI is InChI=1S/C24H25N3O3/c1-2-24(28)26-10-9-20(16-26)30-19-7-8-23-22(14-19)27(11-12-29-23)18-13-17-5-3-4-6-21(17)25-15-18/h3-8,13-15,20H,2,9-12,16H2,1H3/t20-/m0/s1. The number of aromatic nitrogens is 1. The first-order chi connectivity index (χ1) is 14.7. The molecule has 1 fully saturated rings. The lowest BCUT2D eigenvalue weighted by Crippen LogP contribution is -2.30. The highest BCUT2D eigenvalue weighted by molar-refractivity contribution is 5.84. The second-order valence-electron chi connectivity index (χ2n) is 7.74. The molecule has 2 aliphatic heterocycles. The van der Waals surface area contributed by atoms with Crippen LogP contribution < -0.4 is 14.4 Å². The summed E-state index contributed by atoms with van der Waals surface area (Å²) >= 11 is 0. The van der Waals surface area contributed by atoms with Crippen molar-refractivity contribution in [2.75, 3.05) is 31.1 Å². The number of pyridine rings is 1. The van der Waals surface area contributed by atoms with Crippen molar-refractivity contribution in [1.82, 2.24) is 9.88 Å². The number of carbonyl (C=O) groups is 1. The van der Waals surface area contributed by atoms with Gasteiger partial charge in [0.1, 0.15) is 24.2 Å². The molecule has 0 saturated carbocycles. The van der Waals surface area contributed by atoms with Gasteiger partial charge in [0, 0.05) is 30.8 Å². The van der Waals surface area contributed by atoms with Crippen LogP contribution >= 0.6 is 0 Å². The molecule has 1 atom stereocenters. The second-order valence-corrected chi connectivity index (χ2v) is 7.74. The van der Waals surface area contributed by atoms with Gasteiger partial charge in [-0.05, 0) is 24.3 Å². The Morgan fingerprint density at radius 1 is 1.20 bits per heavy atom. The van der Waals surface area contributed by atoms with Gasteiger partial charge < -0.3 is 19.3 Å². The number of carbonyl (C=O) groups excluding carboxylic acids is 1. The summed E-state index contributed by atoms with van der Waals surface area (Å²) in [5.41, 5.74) is 3.01. The van der Waals surface area contributed by atoms with Gasteiger partial charge in [0.25, 0.3) is 0 Å². The van der Waals surface area contributed by atoms with E-state index in [0.717, 1.165) is 53.3 Å². The third-order valence-corrected chi connectivity index (χ3v) is 5.78. The average molecular weight is 403 g/mol. The summed E-state index contributed by atoms with van der Waals surface area (Å²) in [6, 6.07) is 16.2. The number of hydrogen-bond donors (Lipinski definition) is 0. The predicted octanol–water partition coefficient (Wildman–Crippen LogP) is 4.16. The van der Waals surface area contributed by atoms with E-state index in [-0.39, 0.29) is 12.0 Å². The summed E-state index contributed by atoms with van der Waals surface area (Å²) in [6.07, 6.45) is 3.34. The largest absolute Gasteiger partial charge is 0.490 e. The molecule has 0 aliphatic carbocycles. The number of para-hydroxylation sites is 1. The molecule has 2 aromatic carbocycles. The maximum Gasteiger partial charge on any atom is 0.222 e. The summed E-state index contributed by atoms with van der Waals surface area (Å²) in [6.45, 7) is 4.69. The smallest absolute Gasteiger partial charge is 0.222 e. The summed E-state index contributed by atoms with van der Waals surface area (Å²) in [4.78, 5) is 20.7. The minimum absolute atomic E-state index is 0.0267. The maximum atomic E-state index is 11.9. The molecular formula is C24H25N3O3. The number of ether oxygens (including phenoxy) is 2. The van der Waals surface area contributed by atoms with E-state index in [9.17, 15) is 4.79 Å². The number of hydrogen-bond acceptors (Lipinski definition) is 5. The van der Waals surface area contributed by atoms with Gasteiger partial charge in [-0.3, -0.25) is 9.78 Å². The van der Waals surface area contributed by atoms with E-state index < -0.39 is 0 Å². The van der Waals surface area contributed by atoms with Crippen molar-refractivity contribution in [2.45, 2.75) is 25.9 Å². The highest BCUT2D eigenvalue weighted by Gasteiger charge is 2.27. The molecule has 3 heterocycles. The molecule has 6 heteroatoms. The fraction of sp³-hybridized carbons (Fsp3) is 0.333. The highest BCUT2D eigenvalue weighted by atomic mass is 16.5. The molecule has 6 nitrogen and oxygen atoms in total. The van der Waals surface area contributed by atoms with Crippen LogP contribution in [0.2, 0.25) is 0 Å². The van der Waals surface area contributed by atoms with Crippen LogP contribution in [-0.4, -0.2) is 48.1 Å². The molecule has 0 N–H and O–H groups in total. The van der Waals surface area contributed by atoms with Crippen LogP contribution in [0.3, 0.4) is 0 Å². The Morgan fingerprint density at radius 3 is 3.00 bits per heavy atom. The molecule has 0 spiro atoms. The Labute approximate surface area is 176 Å². The molecule has 5 rings (SSSR count). The van der Waals surface area contributed by atoms with E-state index >= 15 is 0 Å². The first-order valence-corrected chi connectivity index (χ1v) is 10.5. The van der Waals surface area contributed by atoms with Gasteiger partial charge in [-0.15, -0.1) is 0 Å². The van der Waals surface area contributed by atoms with Crippen molar-refractivity contribution < 1.29 is 14.3 Å². The summed E-state index contributed by atoms with van der Waals surface area (Å²) < 4.78 is 12.1. The molecule has 0 bridgehead atoms. The lowest BCUT2D eigenvalue weighted by Gasteiger charge is -2.31. The van der Waals surface area contributed by atoms with E-state index in [0.29, 0.717) is 19.6 Å². The number of nitrogens with zero attached hydrogens (tertiary/aromatic N) is 3. The van der Waals surface area contributed by atoms with Gasteiger partial charge in [-0.25, -0.2) is 0 Å². The molecule has 0 unspecified atom stereocenters. The first-order valence-electron chi connectivity index (χ1n) is 10.5. The lowest BCUT2D eigenvalue weighted by atomic mass is 10.1. The predicted molar refractivity (Wildman–Crippen MR) is 117 cm³/mol. The van der Waals surface area contributed by atoms with Crippen molar-refractivity contribution in [3.8, 4) is 11.5 Å². The summed E-state index contributed by atoms with van der Waals surface area (Å²) in [5, 5.41) is 1.11. The van der Waals surface area contributed by atoms with E-state index in [1.54, 1.807) is 0 Å². The van der Waals surface area contributed by atoms with E-state index in [1.165, 1.54) is 0 Å². The van der Waals surface area contributed by atoms with Gasteiger partial charge in [-0.2, -0.15) is 0 Å². The Balaban J connectivity index is 1.40. The Kier molecular flexibility index (Phi) is 4.91. The van der Waals surface area contributed by atoms with E-state index in [4.69, 9.17) is 9.47 Å². The van der Waals surface area contributed by atoms with Crippen LogP contribution in [0, 0.1) is 0 Å². The summed E-state index contributed by atoms with van der Waals surface area (Å²) in [5.74, 6) is 1.83. The number of benzene rings is 2.